The zero-order valence-corrected chi connectivity index (χ0v) is 14.5. The average Bonchev–Trinajstić information content (AvgIpc) is 2.70. The Hall–Kier alpha value is -3.18. The lowest BCUT2D eigenvalue weighted by atomic mass is 9.98. The van der Waals surface area contributed by atoms with Gasteiger partial charge in [-0.3, -0.25) is 4.79 Å². The van der Waals surface area contributed by atoms with Crippen molar-refractivity contribution in [1.82, 2.24) is 4.98 Å². The average molecular weight is 346 g/mol. The zero-order valence-electron chi connectivity index (χ0n) is 14.5. The van der Waals surface area contributed by atoms with E-state index in [0.717, 1.165) is 29.5 Å². The second-order valence-corrected chi connectivity index (χ2v) is 5.93. The van der Waals surface area contributed by atoms with Crippen molar-refractivity contribution >= 4 is 23.5 Å². The second kappa shape index (κ2) is 8.27. The van der Waals surface area contributed by atoms with E-state index < -0.39 is 0 Å². The molecule has 2 aromatic carbocycles. The molecule has 0 aliphatic rings. The number of nitrogens with two attached hydrogens (primary N) is 2. The third-order valence-corrected chi connectivity index (χ3v) is 4.23. The fraction of sp³-hybridized carbons (Fsp3) is 0.143. The van der Waals surface area contributed by atoms with Crippen LogP contribution < -0.4 is 16.4 Å². The molecule has 3 aromatic rings. The standard InChI is InChI=1S/C21H22N4O/c22-12-6-14-25(21-19(23)10-5-13-24-21)20-11-4-3-9-18(20)17-8-2-1-7-16(17)15-26/h1-5,7-11,13,15H,6,12,14,22-23H2. The first kappa shape index (κ1) is 17.6. The van der Waals surface area contributed by atoms with Gasteiger partial charge < -0.3 is 16.4 Å². The maximum Gasteiger partial charge on any atom is 0.156 e. The first-order valence-corrected chi connectivity index (χ1v) is 8.58. The number of anilines is 3. The Morgan fingerprint density at radius 2 is 1.69 bits per heavy atom. The monoisotopic (exact) mass is 346 g/mol. The molecule has 3 rings (SSSR count). The van der Waals surface area contributed by atoms with E-state index in [-0.39, 0.29) is 0 Å². The van der Waals surface area contributed by atoms with Gasteiger partial charge in [0, 0.05) is 23.9 Å². The predicted octanol–water partition coefficient (Wildman–Crippen LogP) is 3.63. The highest BCUT2D eigenvalue weighted by Gasteiger charge is 2.18. The highest BCUT2D eigenvalue weighted by atomic mass is 16.1. The molecule has 132 valence electrons. The molecule has 0 amide bonds. The number of aldehydes is 1. The quantitative estimate of drug-likeness (QED) is 0.638. The van der Waals surface area contributed by atoms with Crippen LogP contribution in [-0.2, 0) is 0 Å². The molecular formula is C21H22N4O. The van der Waals surface area contributed by atoms with Gasteiger partial charge in [-0.2, -0.15) is 0 Å². The lowest BCUT2D eigenvalue weighted by Gasteiger charge is -2.27. The summed E-state index contributed by atoms with van der Waals surface area (Å²) in [4.78, 5) is 18.1. The van der Waals surface area contributed by atoms with Crippen molar-refractivity contribution in [2.24, 2.45) is 5.73 Å². The second-order valence-electron chi connectivity index (χ2n) is 5.93. The number of hydrogen-bond donors (Lipinski definition) is 2. The van der Waals surface area contributed by atoms with Crippen molar-refractivity contribution in [3.63, 3.8) is 0 Å². The molecule has 0 saturated carbocycles. The molecule has 0 bridgehead atoms. The number of hydrogen-bond acceptors (Lipinski definition) is 5. The molecule has 4 N–H and O–H groups in total. The predicted molar refractivity (Wildman–Crippen MR) is 107 cm³/mol. The van der Waals surface area contributed by atoms with Gasteiger partial charge in [-0.15, -0.1) is 0 Å². The van der Waals surface area contributed by atoms with E-state index in [9.17, 15) is 4.79 Å². The van der Waals surface area contributed by atoms with Gasteiger partial charge in [-0.1, -0.05) is 42.5 Å². The van der Waals surface area contributed by atoms with E-state index >= 15 is 0 Å². The number of rotatable bonds is 7. The van der Waals surface area contributed by atoms with E-state index in [1.54, 1.807) is 6.20 Å². The maximum absolute atomic E-state index is 11.5. The van der Waals surface area contributed by atoms with Gasteiger partial charge in [-0.05, 0) is 36.7 Å². The summed E-state index contributed by atoms with van der Waals surface area (Å²) in [5.41, 5.74) is 16.0. The fourth-order valence-corrected chi connectivity index (χ4v) is 3.01. The van der Waals surface area contributed by atoms with Crippen LogP contribution in [0.2, 0.25) is 0 Å². The molecule has 0 spiro atoms. The van der Waals surface area contributed by atoms with Gasteiger partial charge in [0.2, 0.25) is 0 Å². The molecule has 0 radical (unpaired) electrons. The van der Waals surface area contributed by atoms with Gasteiger partial charge in [-0.25, -0.2) is 4.98 Å². The summed E-state index contributed by atoms with van der Waals surface area (Å²) in [7, 11) is 0. The fourth-order valence-electron chi connectivity index (χ4n) is 3.01. The maximum atomic E-state index is 11.5. The minimum Gasteiger partial charge on any atom is -0.396 e. The number of carbonyl (C=O) groups excluding carboxylic acids is 1. The SMILES string of the molecule is NCCCN(c1ccccc1-c1ccccc1C=O)c1ncccc1N. The minimum absolute atomic E-state index is 0.566. The van der Waals surface area contributed by atoms with Crippen LogP contribution in [0.1, 0.15) is 16.8 Å². The number of carbonyl (C=O) groups is 1. The first-order chi connectivity index (χ1) is 12.8. The highest BCUT2D eigenvalue weighted by Crippen LogP contribution is 2.37. The third kappa shape index (κ3) is 3.58. The summed E-state index contributed by atoms with van der Waals surface area (Å²) in [6.07, 6.45) is 3.40. The number of para-hydroxylation sites is 1. The minimum atomic E-state index is 0.566. The van der Waals surface area contributed by atoms with Crippen LogP contribution in [0.3, 0.4) is 0 Å². The van der Waals surface area contributed by atoms with Crippen LogP contribution in [-0.4, -0.2) is 24.4 Å². The largest absolute Gasteiger partial charge is 0.396 e. The summed E-state index contributed by atoms with van der Waals surface area (Å²) < 4.78 is 0. The molecule has 1 aromatic heterocycles. The topological polar surface area (TPSA) is 85.2 Å². The molecule has 0 atom stereocenters. The Labute approximate surface area is 153 Å². The van der Waals surface area contributed by atoms with Crippen LogP contribution in [0.5, 0.6) is 0 Å². The van der Waals surface area contributed by atoms with Crippen molar-refractivity contribution < 1.29 is 4.79 Å². The van der Waals surface area contributed by atoms with Crippen LogP contribution >= 0.6 is 0 Å². The van der Waals surface area contributed by atoms with Gasteiger partial charge >= 0.3 is 0 Å². The molecular weight excluding hydrogens is 324 g/mol. The summed E-state index contributed by atoms with van der Waals surface area (Å²) in [6, 6.07) is 19.2. The van der Waals surface area contributed by atoms with Crippen molar-refractivity contribution in [1.29, 1.82) is 0 Å². The molecule has 5 heteroatoms. The van der Waals surface area contributed by atoms with Gasteiger partial charge in [0.15, 0.2) is 12.1 Å². The Bertz CT molecular complexity index is 894. The van der Waals surface area contributed by atoms with E-state index in [0.29, 0.717) is 30.2 Å². The Morgan fingerprint density at radius 3 is 2.42 bits per heavy atom. The van der Waals surface area contributed by atoms with Crippen LogP contribution in [0, 0.1) is 0 Å². The van der Waals surface area contributed by atoms with Gasteiger partial charge in [0.1, 0.15) is 0 Å². The Kier molecular flexibility index (Phi) is 5.61. The summed E-state index contributed by atoms with van der Waals surface area (Å²) >= 11 is 0. The van der Waals surface area contributed by atoms with E-state index in [1.807, 2.05) is 60.7 Å². The highest BCUT2D eigenvalue weighted by molar-refractivity contribution is 5.93. The van der Waals surface area contributed by atoms with E-state index in [1.165, 1.54) is 0 Å². The van der Waals surface area contributed by atoms with Crippen LogP contribution in [0.15, 0.2) is 66.9 Å². The normalized spacial score (nSPS) is 10.5. The molecule has 0 saturated heterocycles. The lowest BCUT2D eigenvalue weighted by molar-refractivity contribution is 0.112. The van der Waals surface area contributed by atoms with Crippen molar-refractivity contribution in [3.8, 4) is 11.1 Å². The van der Waals surface area contributed by atoms with E-state index in [4.69, 9.17) is 11.5 Å². The molecule has 0 fully saturated rings. The van der Waals surface area contributed by atoms with Crippen molar-refractivity contribution in [2.75, 3.05) is 23.7 Å². The summed E-state index contributed by atoms with van der Waals surface area (Å²) in [5.74, 6) is 0.692. The number of nitrogens with zero attached hydrogens (tertiary/aromatic N) is 2. The van der Waals surface area contributed by atoms with Gasteiger partial charge in [0.25, 0.3) is 0 Å². The van der Waals surface area contributed by atoms with Crippen molar-refractivity contribution in [3.05, 3.63) is 72.4 Å². The molecule has 26 heavy (non-hydrogen) atoms. The van der Waals surface area contributed by atoms with Crippen LogP contribution in [0.25, 0.3) is 11.1 Å². The Balaban J connectivity index is 2.17. The summed E-state index contributed by atoms with van der Waals surface area (Å²) in [5, 5.41) is 0. The zero-order chi connectivity index (χ0) is 18.4. The number of benzene rings is 2. The first-order valence-electron chi connectivity index (χ1n) is 8.58. The Morgan fingerprint density at radius 1 is 0.962 bits per heavy atom. The van der Waals surface area contributed by atoms with Crippen LogP contribution in [0.4, 0.5) is 17.2 Å². The molecule has 0 aliphatic heterocycles. The third-order valence-electron chi connectivity index (χ3n) is 4.23. The molecule has 0 aliphatic carbocycles. The van der Waals surface area contributed by atoms with Gasteiger partial charge in [0.05, 0.1) is 11.4 Å². The summed E-state index contributed by atoms with van der Waals surface area (Å²) in [6.45, 7) is 1.24. The number of pyridine rings is 1. The number of aromatic nitrogens is 1. The molecule has 1 heterocycles. The smallest absolute Gasteiger partial charge is 0.156 e. The van der Waals surface area contributed by atoms with Crippen molar-refractivity contribution in [2.45, 2.75) is 6.42 Å². The van der Waals surface area contributed by atoms with E-state index in [2.05, 4.69) is 9.88 Å². The number of nitrogen functional groups attached to an aromatic ring is 1. The molecule has 0 unspecified atom stereocenters. The molecule has 5 nitrogen and oxygen atoms in total. The lowest BCUT2D eigenvalue weighted by Crippen LogP contribution is -2.23.